The van der Waals surface area contributed by atoms with Crippen molar-refractivity contribution in [3.63, 3.8) is 0 Å². The van der Waals surface area contributed by atoms with Gasteiger partial charge in [0.15, 0.2) is 0 Å². The zero-order valence-electron chi connectivity index (χ0n) is 8.15. The van der Waals surface area contributed by atoms with E-state index in [1.54, 1.807) is 0 Å². The Morgan fingerprint density at radius 2 is 1.62 bits per heavy atom. The molecule has 0 bridgehead atoms. The van der Waals surface area contributed by atoms with Crippen LogP contribution in [0.5, 0.6) is 0 Å². The lowest BCUT2D eigenvalue weighted by molar-refractivity contribution is 0.373. The molecular formula is C8H11O6PS. The van der Waals surface area contributed by atoms with Crippen LogP contribution in [0.25, 0.3) is 0 Å². The summed E-state index contributed by atoms with van der Waals surface area (Å²) in [5.41, 5.74) is 0.593. The lowest BCUT2D eigenvalue weighted by Gasteiger charge is -2.04. The lowest BCUT2D eigenvalue weighted by atomic mass is 10.2. The molecule has 0 saturated heterocycles. The van der Waals surface area contributed by atoms with Gasteiger partial charge in [-0.2, -0.15) is 8.42 Å². The van der Waals surface area contributed by atoms with Gasteiger partial charge in [-0.05, 0) is 24.1 Å². The van der Waals surface area contributed by atoms with Crippen molar-refractivity contribution in [1.29, 1.82) is 0 Å². The number of hydrogen-bond acceptors (Lipinski definition) is 3. The van der Waals surface area contributed by atoms with E-state index in [1.165, 1.54) is 24.3 Å². The lowest BCUT2D eigenvalue weighted by Crippen LogP contribution is -1.99. The van der Waals surface area contributed by atoms with Crippen LogP contribution in [-0.2, 0) is 21.1 Å². The molecule has 1 aromatic carbocycles. The van der Waals surface area contributed by atoms with Crippen LogP contribution in [0.2, 0.25) is 0 Å². The van der Waals surface area contributed by atoms with Gasteiger partial charge in [-0.15, -0.1) is 0 Å². The van der Waals surface area contributed by atoms with Crippen molar-refractivity contribution in [3.8, 4) is 0 Å². The summed E-state index contributed by atoms with van der Waals surface area (Å²) in [5.74, 6) is 0. The molecule has 90 valence electrons. The Bertz CT molecular complexity index is 500. The van der Waals surface area contributed by atoms with Crippen LogP contribution in [0.1, 0.15) is 5.56 Å². The van der Waals surface area contributed by atoms with Gasteiger partial charge in [0.25, 0.3) is 10.1 Å². The molecule has 0 fully saturated rings. The summed E-state index contributed by atoms with van der Waals surface area (Å²) in [6.07, 6.45) is -0.145. The van der Waals surface area contributed by atoms with Crippen molar-refractivity contribution in [2.75, 3.05) is 6.16 Å². The normalized spacial score (nSPS) is 12.7. The van der Waals surface area contributed by atoms with Gasteiger partial charge in [-0.25, -0.2) is 0 Å². The maximum atomic E-state index is 10.7. The Labute approximate surface area is 92.8 Å². The van der Waals surface area contributed by atoms with Crippen LogP contribution in [-0.4, -0.2) is 28.9 Å². The van der Waals surface area contributed by atoms with Gasteiger partial charge in [0.1, 0.15) is 0 Å². The highest BCUT2D eigenvalue weighted by molar-refractivity contribution is 7.85. The van der Waals surface area contributed by atoms with Crippen LogP contribution in [0.4, 0.5) is 0 Å². The molecule has 1 aromatic rings. The molecule has 0 aliphatic heterocycles. The summed E-state index contributed by atoms with van der Waals surface area (Å²) in [6, 6.07) is 5.17. The van der Waals surface area contributed by atoms with E-state index in [1.807, 2.05) is 0 Å². The zero-order chi connectivity index (χ0) is 12.4. The van der Waals surface area contributed by atoms with Crippen LogP contribution >= 0.6 is 7.60 Å². The van der Waals surface area contributed by atoms with Gasteiger partial charge in [0.05, 0.1) is 11.1 Å². The fraction of sp³-hybridized carbons (Fsp3) is 0.250. The highest BCUT2D eigenvalue weighted by atomic mass is 32.2. The molecule has 6 nitrogen and oxygen atoms in total. The molecule has 0 amide bonds. The Kier molecular flexibility index (Phi) is 3.88. The first kappa shape index (κ1) is 13.3. The Balaban J connectivity index is 2.77. The topological polar surface area (TPSA) is 112 Å². The average molecular weight is 266 g/mol. The van der Waals surface area contributed by atoms with Crippen molar-refractivity contribution >= 4 is 17.7 Å². The smallest absolute Gasteiger partial charge is 0.324 e. The van der Waals surface area contributed by atoms with Gasteiger partial charge >= 0.3 is 7.60 Å². The third-order valence-electron chi connectivity index (χ3n) is 1.91. The van der Waals surface area contributed by atoms with Crippen LogP contribution < -0.4 is 0 Å². The summed E-state index contributed by atoms with van der Waals surface area (Å²) >= 11 is 0. The van der Waals surface area contributed by atoms with E-state index in [2.05, 4.69) is 0 Å². The summed E-state index contributed by atoms with van der Waals surface area (Å²) in [6.45, 7) is 0. The van der Waals surface area contributed by atoms with Gasteiger partial charge < -0.3 is 9.79 Å². The number of benzene rings is 1. The van der Waals surface area contributed by atoms with E-state index in [0.29, 0.717) is 5.56 Å². The van der Waals surface area contributed by atoms with Gasteiger partial charge in [0.2, 0.25) is 0 Å². The molecule has 3 N–H and O–H groups in total. The third kappa shape index (κ3) is 4.42. The van der Waals surface area contributed by atoms with Gasteiger partial charge in [0, 0.05) is 0 Å². The molecule has 0 unspecified atom stereocenters. The van der Waals surface area contributed by atoms with E-state index in [0.717, 1.165) is 0 Å². The molecule has 0 radical (unpaired) electrons. The Hall–Kier alpha value is -0.720. The standard InChI is InChI=1S/C8H11O6PS/c9-15(10,11)6-5-7-1-3-8(4-2-7)16(12,13)14/h1-4H,5-6H2,(H2,9,10,11)(H,12,13,14). The van der Waals surface area contributed by atoms with Gasteiger partial charge in [-0.1, -0.05) is 12.1 Å². The van der Waals surface area contributed by atoms with Crippen LogP contribution in [0.15, 0.2) is 29.2 Å². The molecule has 0 aliphatic rings. The maximum absolute atomic E-state index is 10.7. The molecule has 8 heteroatoms. The van der Waals surface area contributed by atoms with E-state index in [-0.39, 0.29) is 17.5 Å². The number of aryl methyl sites for hydroxylation is 1. The molecule has 0 aliphatic carbocycles. The Morgan fingerprint density at radius 3 is 2.00 bits per heavy atom. The summed E-state index contributed by atoms with van der Waals surface area (Å²) < 4.78 is 40.7. The molecule has 1 rings (SSSR count). The summed E-state index contributed by atoms with van der Waals surface area (Å²) in [5, 5.41) is 0. The Morgan fingerprint density at radius 1 is 1.12 bits per heavy atom. The SMILES string of the molecule is O=P(O)(O)CCc1ccc(S(=O)(=O)O)cc1. The summed E-state index contributed by atoms with van der Waals surface area (Å²) in [7, 11) is -8.26. The van der Waals surface area contributed by atoms with E-state index < -0.39 is 17.7 Å². The summed E-state index contributed by atoms with van der Waals surface area (Å²) in [4.78, 5) is 17.0. The fourth-order valence-electron chi connectivity index (χ4n) is 1.10. The minimum absolute atomic E-state index is 0.149. The van der Waals surface area contributed by atoms with Crippen molar-refractivity contribution < 1.29 is 27.3 Å². The first-order chi connectivity index (χ1) is 7.18. The molecule has 0 saturated carbocycles. The van der Waals surface area contributed by atoms with E-state index in [9.17, 15) is 13.0 Å². The molecule has 0 spiro atoms. The second-order valence-corrected chi connectivity index (χ2v) is 6.46. The zero-order valence-corrected chi connectivity index (χ0v) is 9.86. The molecule has 0 atom stereocenters. The number of rotatable bonds is 4. The molecule has 0 aromatic heterocycles. The third-order valence-corrected chi connectivity index (χ3v) is 3.59. The second kappa shape index (κ2) is 4.65. The minimum atomic E-state index is -4.22. The maximum Gasteiger partial charge on any atom is 0.325 e. The molecule has 16 heavy (non-hydrogen) atoms. The first-order valence-electron chi connectivity index (χ1n) is 4.29. The second-order valence-electron chi connectivity index (χ2n) is 3.26. The average Bonchev–Trinajstić information content (AvgIpc) is 2.13. The first-order valence-corrected chi connectivity index (χ1v) is 7.53. The van der Waals surface area contributed by atoms with Crippen LogP contribution in [0.3, 0.4) is 0 Å². The van der Waals surface area contributed by atoms with Crippen LogP contribution in [0, 0.1) is 0 Å². The van der Waals surface area contributed by atoms with Crippen molar-refractivity contribution in [2.24, 2.45) is 0 Å². The van der Waals surface area contributed by atoms with Crippen molar-refractivity contribution in [3.05, 3.63) is 29.8 Å². The van der Waals surface area contributed by atoms with E-state index >= 15 is 0 Å². The van der Waals surface area contributed by atoms with Crippen molar-refractivity contribution in [1.82, 2.24) is 0 Å². The number of hydrogen-bond donors (Lipinski definition) is 3. The minimum Gasteiger partial charge on any atom is -0.324 e. The highest BCUT2D eigenvalue weighted by Crippen LogP contribution is 2.34. The van der Waals surface area contributed by atoms with Crippen molar-refractivity contribution in [2.45, 2.75) is 11.3 Å². The molecule has 0 heterocycles. The fourth-order valence-corrected chi connectivity index (χ4v) is 2.13. The highest BCUT2D eigenvalue weighted by Gasteiger charge is 2.13. The largest absolute Gasteiger partial charge is 0.325 e. The monoisotopic (exact) mass is 266 g/mol. The van der Waals surface area contributed by atoms with E-state index in [4.69, 9.17) is 14.3 Å². The molecular weight excluding hydrogens is 255 g/mol. The van der Waals surface area contributed by atoms with Gasteiger partial charge in [-0.3, -0.25) is 9.12 Å². The predicted molar refractivity (Wildman–Crippen MR) is 56.9 cm³/mol. The predicted octanol–water partition coefficient (Wildman–Crippen LogP) is 0.653. The quantitative estimate of drug-likeness (QED) is 0.545.